The molecule has 0 saturated carbocycles. The number of likely N-dealkylation sites (tertiary alicyclic amines) is 1. The van der Waals surface area contributed by atoms with Crippen LogP contribution in [-0.4, -0.2) is 52.6 Å². The van der Waals surface area contributed by atoms with E-state index in [0.29, 0.717) is 24.5 Å². The normalized spacial score (nSPS) is 19.4. The number of aromatic nitrogens is 1. The summed E-state index contributed by atoms with van der Waals surface area (Å²) in [6.07, 6.45) is 2.66. The Morgan fingerprint density at radius 1 is 1.20 bits per heavy atom. The molecule has 1 saturated heterocycles. The SMILES string of the molecule is CN1N=C(C(=O)N2CCC(c3nc4ccccc4s3)CC2)CCC1=O. The Morgan fingerprint density at radius 3 is 2.68 bits per heavy atom. The van der Waals surface area contributed by atoms with Crippen molar-refractivity contribution in [3.05, 3.63) is 29.3 Å². The molecule has 1 aromatic carbocycles. The maximum atomic E-state index is 12.6. The van der Waals surface area contributed by atoms with Crippen LogP contribution in [0.2, 0.25) is 0 Å². The smallest absolute Gasteiger partial charge is 0.270 e. The first kappa shape index (κ1) is 16.2. The third kappa shape index (κ3) is 3.16. The number of hydrazone groups is 1. The quantitative estimate of drug-likeness (QED) is 0.831. The topological polar surface area (TPSA) is 65.9 Å². The monoisotopic (exact) mass is 356 g/mol. The van der Waals surface area contributed by atoms with Gasteiger partial charge in [-0.3, -0.25) is 9.59 Å². The lowest BCUT2D eigenvalue weighted by molar-refractivity contribution is -0.130. The summed E-state index contributed by atoms with van der Waals surface area (Å²) in [6.45, 7) is 1.44. The summed E-state index contributed by atoms with van der Waals surface area (Å²) in [4.78, 5) is 30.8. The van der Waals surface area contributed by atoms with Crippen LogP contribution in [0.15, 0.2) is 29.4 Å². The molecule has 2 aliphatic rings. The van der Waals surface area contributed by atoms with Gasteiger partial charge in [-0.25, -0.2) is 9.99 Å². The molecule has 4 rings (SSSR count). The molecular weight excluding hydrogens is 336 g/mol. The maximum Gasteiger partial charge on any atom is 0.270 e. The third-order valence-electron chi connectivity index (χ3n) is 4.90. The number of amides is 2. The predicted molar refractivity (Wildman–Crippen MR) is 97.6 cm³/mol. The third-order valence-corrected chi connectivity index (χ3v) is 6.09. The number of thiazole rings is 1. The van der Waals surface area contributed by atoms with Crippen LogP contribution in [0.1, 0.15) is 36.6 Å². The van der Waals surface area contributed by atoms with Gasteiger partial charge < -0.3 is 4.90 Å². The van der Waals surface area contributed by atoms with E-state index < -0.39 is 0 Å². The Bertz CT molecular complexity index is 819. The van der Waals surface area contributed by atoms with Gasteiger partial charge in [-0.15, -0.1) is 11.3 Å². The van der Waals surface area contributed by atoms with Crippen LogP contribution in [0.3, 0.4) is 0 Å². The number of rotatable bonds is 2. The molecule has 2 aliphatic heterocycles. The van der Waals surface area contributed by atoms with Crippen molar-refractivity contribution in [3.8, 4) is 0 Å². The van der Waals surface area contributed by atoms with Crippen molar-refractivity contribution in [2.45, 2.75) is 31.6 Å². The molecule has 25 heavy (non-hydrogen) atoms. The summed E-state index contributed by atoms with van der Waals surface area (Å²) in [6, 6.07) is 8.21. The number of benzene rings is 1. The van der Waals surface area contributed by atoms with Crippen LogP contribution in [0, 0.1) is 0 Å². The molecule has 0 aliphatic carbocycles. The van der Waals surface area contributed by atoms with E-state index in [9.17, 15) is 9.59 Å². The van der Waals surface area contributed by atoms with Gasteiger partial charge in [0.15, 0.2) is 0 Å². The molecule has 7 heteroatoms. The summed E-state index contributed by atoms with van der Waals surface area (Å²) < 4.78 is 1.22. The number of hydrogen-bond acceptors (Lipinski definition) is 5. The summed E-state index contributed by atoms with van der Waals surface area (Å²) in [5.74, 6) is 0.354. The molecule has 2 amide bonds. The van der Waals surface area contributed by atoms with Crippen molar-refractivity contribution in [3.63, 3.8) is 0 Å². The molecule has 3 heterocycles. The van der Waals surface area contributed by atoms with Gasteiger partial charge in [0, 0.05) is 38.9 Å². The Balaban J connectivity index is 1.42. The second kappa shape index (κ2) is 6.55. The summed E-state index contributed by atoms with van der Waals surface area (Å²) in [5, 5.41) is 6.60. The van der Waals surface area contributed by atoms with E-state index in [0.717, 1.165) is 31.4 Å². The predicted octanol–water partition coefficient (Wildman–Crippen LogP) is 2.61. The zero-order valence-corrected chi connectivity index (χ0v) is 15.0. The number of hydrogen-bond donors (Lipinski definition) is 0. The zero-order chi connectivity index (χ0) is 17.4. The van der Waals surface area contributed by atoms with E-state index in [1.54, 1.807) is 18.4 Å². The minimum Gasteiger partial charge on any atom is -0.337 e. The summed E-state index contributed by atoms with van der Waals surface area (Å²) in [5.41, 5.74) is 1.56. The second-order valence-electron chi connectivity index (χ2n) is 6.55. The maximum absolute atomic E-state index is 12.6. The Kier molecular flexibility index (Phi) is 4.25. The number of carbonyl (C=O) groups is 2. The Hall–Kier alpha value is -2.28. The largest absolute Gasteiger partial charge is 0.337 e. The molecule has 6 nitrogen and oxygen atoms in total. The van der Waals surface area contributed by atoms with E-state index in [1.165, 1.54) is 14.7 Å². The van der Waals surface area contributed by atoms with Gasteiger partial charge >= 0.3 is 0 Å². The van der Waals surface area contributed by atoms with Gasteiger partial charge in [-0.1, -0.05) is 12.1 Å². The highest BCUT2D eigenvalue weighted by Gasteiger charge is 2.30. The number of para-hydroxylation sites is 1. The Labute approximate surface area is 150 Å². The fourth-order valence-electron chi connectivity index (χ4n) is 3.40. The molecule has 0 N–H and O–H groups in total. The minimum atomic E-state index is -0.0360. The van der Waals surface area contributed by atoms with Gasteiger partial charge in [0.2, 0.25) is 5.91 Å². The van der Waals surface area contributed by atoms with Gasteiger partial charge in [0.25, 0.3) is 5.91 Å². The van der Waals surface area contributed by atoms with Gasteiger partial charge in [0.05, 0.1) is 15.2 Å². The highest BCUT2D eigenvalue weighted by atomic mass is 32.1. The molecule has 1 fully saturated rings. The van der Waals surface area contributed by atoms with Crippen molar-refractivity contribution in [1.29, 1.82) is 0 Å². The summed E-state index contributed by atoms with van der Waals surface area (Å²) in [7, 11) is 1.61. The van der Waals surface area contributed by atoms with Gasteiger partial charge in [0.1, 0.15) is 5.71 Å². The molecule has 0 spiro atoms. The van der Waals surface area contributed by atoms with Crippen LogP contribution < -0.4 is 0 Å². The average molecular weight is 356 g/mol. The van der Waals surface area contributed by atoms with E-state index >= 15 is 0 Å². The van der Waals surface area contributed by atoms with Crippen molar-refractivity contribution in [2.24, 2.45) is 5.10 Å². The zero-order valence-electron chi connectivity index (χ0n) is 14.1. The minimum absolute atomic E-state index is 0.0258. The van der Waals surface area contributed by atoms with Crippen molar-refractivity contribution < 1.29 is 9.59 Å². The molecule has 1 aromatic heterocycles. The lowest BCUT2D eigenvalue weighted by atomic mass is 9.97. The van der Waals surface area contributed by atoms with Crippen molar-refractivity contribution in [1.82, 2.24) is 14.9 Å². The highest BCUT2D eigenvalue weighted by molar-refractivity contribution is 7.18. The fourth-order valence-corrected chi connectivity index (χ4v) is 4.54. The van der Waals surface area contributed by atoms with Crippen LogP contribution >= 0.6 is 11.3 Å². The van der Waals surface area contributed by atoms with Gasteiger partial charge in [-0.2, -0.15) is 5.10 Å². The lowest BCUT2D eigenvalue weighted by Crippen LogP contribution is -2.44. The highest BCUT2D eigenvalue weighted by Crippen LogP contribution is 2.33. The number of piperidine rings is 1. The first-order chi connectivity index (χ1) is 12.1. The van der Waals surface area contributed by atoms with Gasteiger partial charge in [-0.05, 0) is 25.0 Å². The van der Waals surface area contributed by atoms with Crippen LogP contribution in [0.4, 0.5) is 0 Å². The Morgan fingerprint density at radius 2 is 1.96 bits per heavy atom. The van der Waals surface area contributed by atoms with Crippen molar-refractivity contribution in [2.75, 3.05) is 20.1 Å². The van der Waals surface area contributed by atoms with E-state index in [1.807, 2.05) is 23.1 Å². The first-order valence-corrected chi connectivity index (χ1v) is 9.42. The van der Waals surface area contributed by atoms with E-state index in [2.05, 4.69) is 11.2 Å². The molecule has 130 valence electrons. The number of fused-ring (bicyclic) bond motifs is 1. The summed E-state index contributed by atoms with van der Waals surface area (Å²) >= 11 is 1.76. The average Bonchev–Trinajstić information content (AvgIpc) is 3.08. The van der Waals surface area contributed by atoms with E-state index in [-0.39, 0.29) is 11.8 Å². The molecule has 0 unspecified atom stereocenters. The number of carbonyl (C=O) groups excluding carboxylic acids is 2. The standard InChI is InChI=1S/C18H20N4O2S/c1-21-16(23)7-6-14(20-21)18(24)22-10-8-12(9-11-22)17-19-13-4-2-3-5-15(13)25-17/h2-5,12H,6-11H2,1H3. The van der Waals surface area contributed by atoms with Crippen LogP contribution in [0.25, 0.3) is 10.2 Å². The lowest BCUT2D eigenvalue weighted by Gasteiger charge is -2.32. The fraction of sp³-hybridized carbons (Fsp3) is 0.444. The van der Waals surface area contributed by atoms with Crippen LogP contribution in [0.5, 0.6) is 0 Å². The second-order valence-corrected chi connectivity index (χ2v) is 7.61. The molecular formula is C18H20N4O2S. The first-order valence-electron chi connectivity index (χ1n) is 8.60. The molecule has 0 bridgehead atoms. The molecule has 0 radical (unpaired) electrons. The van der Waals surface area contributed by atoms with Crippen molar-refractivity contribution >= 4 is 39.1 Å². The molecule has 0 atom stereocenters. The van der Waals surface area contributed by atoms with Crippen LogP contribution in [-0.2, 0) is 9.59 Å². The van der Waals surface area contributed by atoms with E-state index in [4.69, 9.17) is 4.98 Å². The number of nitrogens with zero attached hydrogens (tertiary/aromatic N) is 4. The molecule has 2 aromatic rings.